The Balaban J connectivity index is 1.52. The molecule has 113 heavy (non-hydrogen) atoms. The molecule has 0 aromatic carbocycles. The molecule has 0 saturated carbocycles. The van der Waals surface area contributed by atoms with E-state index in [1.54, 1.807) is 0 Å². The van der Waals surface area contributed by atoms with Gasteiger partial charge in [-0.15, -0.1) is 0 Å². The quantitative estimate of drug-likeness (QED) is 0.0219. The summed E-state index contributed by atoms with van der Waals surface area (Å²) in [5.41, 5.74) is -1.14. The lowest BCUT2D eigenvalue weighted by molar-refractivity contribution is -0.272. The first-order valence-electron chi connectivity index (χ1n) is 36.3. The lowest BCUT2D eigenvalue weighted by atomic mass is 9.90. The molecule has 0 aromatic heterocycles. The van der Waals surface area contributed by atoms with E-state index in [2.05, 4.69) is 36.7 Å². The second-order valence-corrected chi connectivity index (χ2v) is 34.2. The maximum absolute atomic E-state index is 12.8. The lowest BCUT2D eigenvalue weighted by Gasteiger charge is -2.42. The number of phosphoric acid groups is 5. The van der Waals surface area contributed by atoms with Gasteiger partial charge in [0, 0.05) is 47.2 Å². The summed E-state index contributed by atoms with van der Waals surface area (Å²) in [5, 5.41) is 97.5. The van der Waals surface area contributed by atoms with Crippen LogP contribution in [0.2, 0.25) is 0 Å². The third-order valence-corrected chi connectivity index (χ3v) is 21.0. The van der Waals surface area contributed by atoms with E-state index >= 15 is 0 Å². The van der Waals surface area contributed by atoms with Crippen molar-refractivity contribution < 1.29 is 210 Å². The first-order valence-corrected chi connectivity index (χ1v) is 43.8. The zero-order valence-corrected chi connectivity index (χ0v) is 68.6. The van der Waals surface area contributed by atoms with Crippen molar-refractivity contribution in [2.24, 2.45) is 10.8 Å². The Labute approximate surface area is 654 Å². The lowest BCUT2D eigenvalue weighted by Crippen LogP contribution is -2.64. The summed E-state index contributed by atoms with van der Waals surface area (Å²) < 4.78 is 181. The summed E-state index contributed by atoms with van der Waals surface area (Å²) in [4.78, 5) is 86.4. The molecule has 5 unspecified atom stereocenters. The molecule has 52 heteroatoms. The summed E-state index contributed by atoms with van der Waals surface area (Å²) in [5.74, 6) is -1.73. The Morgan fingerprint density at radius 2 is 0.540 bits per heavy atom. The Morgan fingerprint density at radius 3 is 0.796 bits per heavy atom. The number of amides is 3. The number of phosphoric ester groups is 5. The van der Waals surface area contributed by atoms with Crippen LogP contribution in [0.25, 0.3) is 0 Å². The van der Waals surface area contributed by atoms with Gasteiger partial charge in [-0.1, -0.05) is 20.8 Å². The largest absolute Gasteiger partial charge is 0.472 e. The number of aliphatic hydroxyl groups is 9. The monoisotopic (exact) mass is 1750 g/mol. The van der Waals surface area contributed by atoms with E-state index in [-0.39, 0.29) is 143 Å². The average Bonchev–Trinajstić information content (AvgIpc) is 0.816. The fourth-order valence-corrected chi connectivity index (χ4v) is 14.2. The van der Waals surface area contributed by atoms with Gasteiger partial charge in [-0.05, 0) is 50.4 Å². The maximum atomic E-state index is 12.8. The van der Waals surface area contributed by atoms with Crippen LogP contribution in [0.1, 0.15) is 86.5 Å². The van der Waals surface area contributed by atoms with Crippen LogP contribution in [0.4, 0.5) is 0 Å². The Morgan fingerprint density at radius 1 is 0.319 bits per heavy atom. The SMILES string of the molecule is CC(=O)N[C@H]1[C@H](OCCOCCOCCOP(=O)(O)OCCCOCC(COCCCOP(=O)(O)OCCCOP(=O)(O)OCCO[C@@H]2O[C@H](CO)[C@H](O)[C@H](O)[C@H]2NC(C)=O)(COCCCOP(=O)(O)OCCCOP(=O)(O)OCCO[C@@H]2O[C@H](CO)[C@H](O)[C@H](O)[C@H]2NC(C)=O)COCCCC(C)(C)C)O[C@H](CO)[C@H](O)[C@@H]1O. The van der Waals surface area contributed by atoms with Gasteiger partial charge in [0.1, 0.15) is 73.1 Å². The number of hydrogen-bond donors (Lipinski definition) is 17. The first kappa shape index (κ1) is 105. The van der Waals surface area contributed by atoms with Crippen LogP contribution in [0.15, 0.2) is 0 Å². The van der Waals surface area contributed by atoms with E-state index in [0.29, 0.717) is 13.0 Å². The second-order valence-electron chi connectivity index (χ2n) is 27.0. The highest BCUT2D eigenvalue weighted by Gasteiger charge is 2.48. The molecule has 20 atom stereocenters. The predicted octanol–water partition coefficient (Wildman–Crippen LogP) is -2.60. The molecule has 0 aromatic rings. The molecule has 3 rings (SSSR count). The fraction of sp³-hybridized carbons (Fsp3) is 0.951. The van der Waals surface area contributed by atoms with E-state index in [1.165, 1.54) is 6.92 Å². The van der Waals surface area contributed by atoms with Crippen molar-refractivity contribution in [3.05, 3.63) is 0 Å². The summed E-state index contributed by atoms with van der Waals surface area (Å²) >= 11 is 0. The minimum Gasteiger partial charge on any atom is -0.394 e. The van der Waals surface area contributed by atoms with Gasteiger partial charge in [0.2, 0.25) is 17.7 Å². The highest BCUT2D eigenvalue weighted by atomic mass is 31.2. The van der Waals surface area contributed by atoms with Crippen molar-refractivity contribution in [1.29, 1.82) is 0 Å². The highest BCUT2D eigenvalue weighted by Crippen LogP contribution is 2.47. The number of ether oxygens (including phenoxy) is 12. The van der Waals surface area contributed by atoms with Gasteiger partial charge < -0.3 is 143 Å². The third kappa shape index (κ3) is 45.0. The van der Waals surface area contributed by atoms with Crippen LogP contribution in [0, 0.1) is 10.8 Å². The van der Waals surface area contributed by atoms with E-state index in [9.17, 15) is 108 Å². The highest BCUT2D eigenvalue weighted by molar-refractivity contribution is 7.48. The minimum atomic E-state index is -4.74. The zero-order valence-electron chi connectivity index (χ0n) is 64.2. The summed E-state index contributed by atoms with van der Waals surface area (Å²) in [6, 6.07) is -3.69. The number of nitrogens with one attached hydrogen (secondary N) is 3. The molecule has 3 amide bonds. The molecule has 668 valence electrons. The van der Waals surface area contributed by atoms with Gasteiger partial charge in [-0.3, -0.25) is 59.6 Å². The van der Waals surface area contributed by atoms with Crippen molar-refractivity contribution >= 4 is 56.8 Å². The molecule has 3 fully saturated rings. The van der Waals surface area contributed by atoms with Gasteiger partial charge in [-0.2, -0.15) is 0 Å². The molecular formula is C61H120N3O44P5. The second kappa shape index (κ2) is 55.2. The van der Waals surface area contributed by atoms with Gasteiger partial charge in [0.05, 0.1) is 164 Å². The summed E-state index contributed by atoms with van der Waals surface area (Å²) in [6.07, 6.45) is -15.9. The zero-order chi connectivity index (χ0) is 84.3. The molecule has 3 saturated heterocycles. The number of rotatable bonds is 65. The van der Waals surface area contributed by atoms with E-state index in [0.717, 1.165) is 20.3 Å². The molecule has 3 aliphatic rings. The van der Waals surface area contributed by atoms with Crippen molar-refractivity contribution in [2.45, 2.75) is 178 Å². The number of aliphatic hydroxyl groups excluding tert-OH is 9. The first-order chi connectivity index (χ1) is 53.2. The Hall–Kier alpha value is -1.88. The maximum Gasteiger partial charge on any atom is 0.472 e. The molecule has 3 heterocycles. The predicted molar refractivity (Wildman–Crippen MR) is 382 cm³/mol. The third-order valence-electron chi connectivity index (χ3n) is 15.9. The van der Waals surface area contributed by atoms with Crippen LogP contribution in [-0.2, 0) is 139 Å². The van der Waals surface area contributed by atoms with Gasteiger partial charge in [0.25, 0.3) is 0 Å². The number of carbonyl (C=O) groups is 3. The molecule has 0 aliphatic carbocycles. The molecule has 0 radical (unpaired) electrons. The molecule has 17 N–H and O–H groups in total. The van der Waals surface area contributed by atoms with Crippen LogP contribution in [0.5, 0.6) is 0 Å². The van der Waals surface area contributed by atoms with Crippen molar-refractivity contribution in [1.82, 2.24) is 16.0 Å². The standard InChI is InChI=1S/C61H120N3O44P5/c1-42(68)62-48-54(74)51(71)45(35-65)106-57(48)93-29-27-87-25-26-88-28-32-103-111(81,82)98-20-10-17-92-41-61(38-89-14-7-13-60(4,5)6,39-90-15-8-18-96-109(77,78)99-21-11-23-101-112(83,84)104-33-30-94-58-49(63-43(2)69)55(75)52(72)46(36-66)107-58)40-91-16-9-19-97-110(79,80)100-22-12-24-102-113(85,86)105-34-31-95-59-50(64-44(3)70)56(76)53(73)47(37-67)108-59/h45-59,65-67,71-76H,7-41H2,1-6H3,(H,62,68)(H,63,69)(H,64,70)(H,77,78)(H,79,80)(H,81,82)(H,83,84)(H,85,86)/t45-,46-,47-,48-,49-,50-,51+,52+,53+,54-,55-,56-,57-,58-,59-/m1/s1. The Bertz CT molecular complexity index is 2770. The molecule has 47 nitrogen and oxygen atoms in total. The Kier molecular flexibility index (Phi) is 51.4. The van der Waals surface area contributed by atoms with Crippen LogP contribution < -0.4 is 16.0 Å². The van der Waals surface area contributed by atoms with Crippen molar-refractivity contribution in [3.63, 3.8) is 0 Å². The minimum absolute atomic E-state index is 0.00521. The number of carbonyl (C=O) groups excluding carboxylic acids is 3. The molecule has 0 spiro atoms. The van der Waals surface area contributed by atoms with Crippen LogP contribution >= 0.6 is 39.1 Å². The van der Waals surface area contributed by atoms with Gasteiger partial charge in [-0.25, -0.2) is 22.8 Å². The average molecular weight is 1750 g/mol. The molecule has 0 bridgehead atoms. The summed E-state index contributed by atoms with van der Waals surface area (Å²) in [6.45, 7) is 1.70. The summed E-state index contributed by atoms with van der Waals surface area (Å²) in [7, 11) is -23.5. The van der Waals surface area contributed by atoms with E-state index in [1.807, 2.05) is 0 Å². The van der Waals surface area contributed by atoms with E-state index in [4.69, 9.17) is 102 Å². The molecular weight excluding hydrogens is 1630 g/mol. The van der Waals surface area contributed by atoms with Gasteiger partial charge in [0.15, 0.2) is 18.9 Å². The van der Waals surface area contributed by atoms with E-state index < -0.39 is 227 Å². The number of hydrogen-bond acceptors (Lipinski definition) is 39. The van der Waals surface area contributed by atoms with Crippen LogP contribution in [-0.4, -0.2) is 365 Å². The van der Waals surface area contributed by atoms with Crippen molar-refractivity contribution in [3.8, 4) is 0 Å². The normalized spacial score (nSPS) is 27.6. The topological polar surface area (TPSA) is 659 Å². The van der Waals surface area contributed by atoms with Gasteiger partial charge >= 0.3 is 39.1 Å². The van der Waals surface area contributed by atoms with Crippen molar-refractivity contribution in [2.75, 3.05) is 185 Å². The fourth-order valence-electron chi connectivity index (χ4n) is 10.4. The van der Waals surface area contributed by atoms with Crippen LogP contribution in [0.3, 0.4) is 0 Å². The smallest absolute Gasteiger partial charge is 0.394 e. The molecule has 3 aliphatic heterocycles.